The molecule has 1 rings (SSSR count). The molecule has 0 saturated heterocycles. The summed E-state index contributed by atoms with van der Waals surface area (Å²) in [7, 11) is -3.83. The molecular weight excluding hydrogens is 216 g/mol. The van der Waals surface area contributed by atoms with E-state index in [0.717, 1.165) is 12.8 Å². The van der Waals surface area contributed by atoms with Crippen molar-refractivity contribution in [2.24, 2.45) is 5.84 Å². The highest BCUT2D eigenvalue weighted by molar-refractivity contribution is 7.85. The summed E-state index contributed by atoms with van der Waals surface area (Å²) in [5.74, 6) is 5.63. The smallest absolute Gasteiger partial charge is 0.264 e. The normalized spacial score (nSPS) is 19.7. The first-order valence-corrected chi connectivity index (χ1v) is 7.06. The van der Waals surface area contributed by atoms with E-state index in [2.05, 4.69) is 0 Å². The van der Waals surface area contributed by atoms with Gasteiger partial charge in [0.05, 0.1) is 5.75 Å². The molecule has 5 nitrogen and oxygen atoms in total. The fraction of sp³-hybridized carbons (Fsp3) is 1.00. The van der Waals surface area contributed by atoms with Crippen molar-refractivity contribution in [2.45, 2.75) is 44.6 Å². The van der Waals surface area contributed by atoms with Crippen LogP contribution in [0.3, 0.4) is 0 Å². The molecule has 0 aromatic heterocycles. The molecule has 0 aliphatic heterocycles. The number of nitrogens with zero attached hydrogens (tertiary/aromatic N) is 1. The minimum Gasteiger partial charge on any atom is -0.286 e. The molecular formula is C9H20N2O3S. The number of hydrazine groups is 1. The predicted octanol–water partition coefficient (Wildman–Crippen LogP) is 0.773. The maximum atomic E-state index is 10.5. The average molecular weight is 236 g/mol. The second-order valence-electron chi connectivity index (χ2n) is 4.17. The van der Waals surface area contributed by atoms with E-state index < -0.39 is 10.1 Å². The standard InChI is InChI=1S/C9H20N2O3S/c10-11(7-4-8-15(12,13)14)9-5-2-1-3-6-9/h9H,1-8,10H2,(H,12,13,14). The summed E-state index contributed by atoms with van der Waals surface area (Å²) < 4.78 is 29.5. The van der Waals surface area contributed by atoms with Crippen molar-refractivity contribution in [1.29, 1.82) is 0 Å². The SMILES string of the molecule is NN(CCCS(=O)(=O)O)C1CCCCC1. The minimum absolute atomic E-state index is 0.201. The van der Waals surface area contributed by atoms with Crippen LogP contribution in [0.5, 0.6) is 0 Å². The third-order valence-corrected chi connectivity index (χ3v) is 3.67. The van der Waals surface area contributed by atoms with Crippen LogP contribution in [0.1, 0.15) is 38.5 Å². The Bertz CT molecular complexity index is 273. The minimum atomic E-state index is -3.83. The topological polar surface area (TPSA) is 83.6 Å². The first-order chi connectivity index (χ1) is 6.99. The van der Waals surface area contributed by atoms with Crippen molar-refractivity contribution in [1.82, 2.24) is 5.01 Å². The monoisotopic (exact) mass is 236 g/mol. The number of nitrogens with two attached hydrogens (primary N) is 1. The van der Waals surface area contributed by atoms with Crippen LogP contribution in [0.15, 0.2) is 0 Å². The van der Waals surface area contributed by atoms with Gasteiger partial charge < -0.3 is 0 Å². The summed E-state index contributed by atoms with van der Waals surface area (Å²) >= 11 is 0. The van der Waals surface area contributed by atoms with E-state index in [1.807, 2.05) is 0 Å². The van der Waals surface area contributed by atoms with Crippen LogP contribution in [0.4, 0.5) is 0 Å². The fourth-order valence-corrected chi connectivity index (χ4v) is 2.52. The molecule has 1 fully saturated rings. The Morgan fingerprint density at radius 1 is 1.27 bits per heavy atom. The lowest BCUT2D eigenvalue weighted by Gasteiger charge is -2.30. The largest absolute Gasteiger partial charge is 0.286 e. The van der Waals surface area contributed by atoms with Gasteiger partial charge in [0, 0.05) is 12.6 Å². The lowest BCUT2D eigenvalue weighted by Crippen LogP contribution is -2.43. The van der Waals surface area contributed by atoms with Crippen LogP contribution >= 0.6 is 0 Å². The zero-order chi connectivity index (χ0) is 11.3. The molecule has 90 valence electrons. The third-order valence-electron chi connectivity index (χ3n) is 2.86. The quantitative estimate of drug-likeness (QED) is 0.418. The van der Waals surface area contributed by atoms with Crippen LogP contribution in [-0.2, 0) is 10.1 Å². The molecule has 0 radical (unpaired) electrons. The van der Waals surface area contributed by atoms with Gasteiger partial charge in [-0.2, -0.15) is 8.42 Å². The van der Waals surface area contributed by atoms with Crippen LogP contribution in [0, 0.1) is 0 Å². The number of hydrogen-bond acceptors (Lipinski definition) is 4. The van der Waals surface area contributed by atoms with Crippen LogP contribution in [0.2, 0.25) is 0 Å². The highest BCUT2D eigenvalue weighted by Gasteiger charge is 2.18. The van der Waals surface area contributed by atoms with E-state index in [9.17, 15) is 8.42 Å². The first kappa shape index (κ1) is 12.9. The summed E-state index contributed by atoms with van der Waals surface area (Å²) in [4.78, 5) is 0. The Hall–Kier alpha value is -0.170. The molecule has 6 heteroatoms. The zero-order valence-corrected chi connectivity index (χ0v) is 9.75. The lowest BCUT2D eigenvalue weighted by molar-refractivity contribution is 0.159. The molecule has 1 saturated carbocycles. The van der Waals surface area contributed by atoms with E-state index in [0.29, 0.717) is 19.0 Å². The second kappa shape index (κ2) is 5.79. The Labute approximate surface area is 91.4 Å². The molecule has 0 aromatic carbocycles. The zero-order valence-electron chi connectivity index (χ0n) is 8.93. The first-order valence-electron chi connectivity index (χ1n) is 5.45. The van der Waals surface area contributed by atoms with Crippen LogP contribution in [-0.4, -0.2) is 36.3 Å². The molecule has 0 spiro atoms. The highest BCUT2D eigenvalue weighted by Crippen LogP contribution is 2.20. The molecule has 0 bridgehead atoms. The van der Waals surface area contributed by atoms with Crippen molar-refractivity contribution >= 4 is 10.1 Å². The van der Waals surface area contributed by atoms with E-state index in [1.54, 1.807) is 5.01 Å². The molecule has 1 aliphatic rings. The average Bonchev–Trinajstić information content (AvgIpc) is 2.17. The summed E-state index contributed by atoms with van der Waals surface area (Å²) in [5.41, 5.74) is 0. The van der Waals surface area contributed by atoms with Gasteiger partial charge in [0.15, 0.2) is 0 Å². The third kappa shape index (κ3) is 5.46. The summed E-state index contributed by atoms with van der Waals surface area (Å²) in [6, 6.07) is 0.389. The number of hydrogen-bond donors (Lipinski definition) is 2. The van der Waals surface area contributed by atoms with Gasteiger partial charge in [-0.15, -0.1) is 0 Å². The Kier molecular flexibility index (Phi) is 4.98. The van der Waals surface area contributed by atoms with Crippen LogP contribution < -0.4 is 5.84 Å². The van der Waals surface area contributed by atoms with E-state index >= 15 is 0 Å². The van der Waals surface area contributed by atoms with Gasteiger partial charge in [-0.1, -0.05) is 19.3 Å². The number of rotatable bonds is 5. The van der Waals surface area contributed by atoms with Crippen LogP contribution in [0.25, 0.3) is 0 Å². The van der Waals surface area contributed by atoms with E-state index in [4.69, 9.17) is 10.4 Å². The maximum absolute atomic E-state index is 10.5. The summed E-state index contributed by atoms with van der Waals surface area (Å²) in [6.45, 7) is 0.532. The summed E-state index contributed by atoms with van der Waals surface area (Å²) in [6.07, 6.45) is 6.28. The van der Waals surface area contributed by atoms with Gasteiger partial charge in [0.25, 0.3) is 10.1 Å². The molecule has 0 heterocycles. The molecule has 0 unspecified atom stereocenters. The van der Waals surface area contributed by atoms with E-state index in [1.165, 1.54) is 19.3 Å². The van der Waals surface area contributed by atoms with Crippen molar-refractivity contribution in [3.8, 4) is 0 Å². The van der Waals surface area contributed by atoms with Gasteiger partial charge in [0.2, 0.25) is 0 Å². The Morgan fingerprint density at radius 3 is 2.40 bits per heavy atom. The molecule has 0 atom stereocenters. The molecule has 15 heavy (non-hydrogen) atoms. The Morgan fingerprint density at radius 2 is 1.87 bits per heavy atom. The maximum Gasteiger partial charge on any atom is 0.264 e. The molecule has 0 aromatic rings. The molecule has 1 aliphatic carbocycles. The summed E-state index contributed by atoms with van der Waals surface area (Å²) in [5, 5.41) is 1.73. The lowest BCUT2D eigenvalue weighted by atomic mass is 9.95. The Balaban J connectivity index is 2.20. The van der Waals surface area contributed by atoms with Crippen molar-refractivity contribution in [3.05, 3.63) is 0 Å². The van der Waals surface area contributed by atoms with Gasteiger partial charge >= 0.3 is 0 Å². The predicted molar refractivity (Wildman–Crippen MR) is 58.8 cm³/mol. The van der Waals surface area contributed by atoms with Crippen molar-refractivity contribution in [3.63, 3.8) is 0 Å². The fourth-order valence-electron chi connectivity index (χ4n) is 2.02. The highest BCUT2D eigenvalue weighted by atomic mass is 32.2. The van der Waals surface area contributed by atoms with Gasteiger partial charge in [0.1, 0.15) is 0 Å². The molecule has 3 N–H and O–H groups in total. The van der Waals surface area contributed by atoms with Crippen molar-refractivity contribution < 1.29 is 13.0 Å². The molecule has 0 amide bonds. The van der Waals surface area contributed by atoms with E-state index in [-0.39, 0.29) is 5.75 Å². The van der Waals surface area contributed by atoms with Gasteiger partial charge in [-0.3, -0.25) is 10.4 Å². The van der Waals surface area contributed by atoms with Crippen molar-refractivity contribution in [2.75, 3.05) is 12.3 Å². The second-order valence-corrected chi connectivity index (χ2v) is 5.74. The van der Waals surface area contributed by atoms with Gasteiger partial charge in [-0.25, -0.2) is 5.01 Å². The van der Waals surface area contributed by atoms with Gasteiger partial charge in [-0.05, 0) is 19.3 Å².